The van der Waals surface area contributed by atoms with E-state index in [0.29, 0.717) is 31.2 Å². The van der Waals surface area contributed by atoms with Crippen LogP contribution >= 0.6 is 11.8 Å². The van der Waals surface area contributed by atoms with Gasteiger partial charge >= 0.3 is 0 Å². The van der Waals surface area contributed by atoms with Crippen LogP contribution < -0.4 is 5.32 Å². The number of carbonyl (C=O) groups excluding carboxylic acids is 2. The first-order valence-electron chi connectivity index (χ1n) is 7.41. The van der Waals surface area contributed by atoms with Gasteiger partial charge in [0.2, 0.25) is 11.8 Å². The highest BCUT2D eigenvalue weighted by Gasteiger charge is 2.20. The quantitative estimate of drug-likeness (QED) is 0.786. The second-order valence-electron chi connectivity index (χ2n) is 5.28. The summed E-state index contributed by atoms with van der Waals surface area (Å²) in [5.41, 5.74) is 0. The van der Waals surface area contributed by atoms with Crippen LogP contribution in [-0.4, -0.2) is 41.6 Å². The molecule has 1 aromatic rings. The molecule has 0 aliphatic carbocycles. The molecule has 21 heavy (non-hydrogen) atoms. The van der Waals surface area contributed by atoms with Gasteiger partial charge < -0.3 is 10.2 Å². The van der Waals surface area contributed by atoms with Crippen molar-refractivity contribution in [3.8, 4) is 0 Å². The highest BCUT2D eigenvalue weighted by atomic mass is 32.2. The Kier molecular flexibility index (Phi) is 6.11. The Hall–Kier alpha value is -1.49. The fourth-order valence-corrected chi connectivity index (χ4v) is 3.24. The van der Waals surface area contributed by atoms with Crippen LogP contribution in [0, 0.1) is 0 Å². The zero-order valence-corrected chi connectivity index (χ0v) is 13.2. The lowest BCUT2D eigenvalue weighted by Crippen LogP contribution is -2.34. The lowest BCUT2D eigenvalue weighted by atomic mass is 10.3. The number of nitrogens with one attached hydrogen (secondary N) is 1. The number of benzene rings is 1. The van der Waals surface area contributed by atoms with Gasteiger partial charge in [0.05, 0.1) is 0 Å². The fourth-order valence-electron chi connectivity index (χ4n) is 2.30. The summed E-state index contributed by atoms with van der Waals surface area (Å²) in [6, 6.07) is 10.2. The fraction of sp³-hybridized carbons (Fsp3) is 0.500. The molecular formula is C16H22N2O2S. The topological polar surface area (TPSA) is 49.4 Å². The molecule has 1 aliphatic heterocycles. The molecule has 4 nitrogen and oxygen atoms in total. The van der Waals surface area contributed by atoms with Crippen LogP contribution in [0.3, 0.4) is 0 Å². The molecule has 114 valence electrons. The van der Waals surface area contributed by atoms with Crippen molar-refractivity contribution < 1.29 is 9.59 Å². The van der Waals surface area contributed by atoms with Crippen LogP contribution in [0.15, 0.2) is 35.2 Å². The predicted molar refractivity (Wildman–Crippen MR) is 85.2 cm³/mol. The van der Waals surface area contributed by atoms with Crippen LogP contribution in [0.2, 0.25) is 0 Å². The Morgan fingerprint density at radius 2 is 2.14 bits per heavy atom. The molecule has 0 aromatic heterocycles. The van der Waals surface area contributed by atoms with E-state index in [4.69, 9.17) is 0 Å². The summed E-state index contributed by atoms with van der Waals surface area (Å²) in [6.07, 6.45) is 1.95. The van der Waals surface area contributed by atoms with Crippen molar-refractivity contribution >= 4 is 23.6 Å². The monoisotopic (exact) mass is 306 g/mol. The van der Waals surface area contributed by atoms with E-state index in [-0.39, 0.29) is 11.8 Å². The Labute approximate surface area is 130 Å². The molecule has 2 amide bonds. The molecule has 1 aromatic carbocycles. The number of likely N-dealkylation sites (tertiary alicyclic amines) is 1. The van der Waals surface area contributed by atoms with Gasteiger partial charge in [0, 0.05) is 42.6 Å². The van der Waals surface area contributed by atoms with Crippen molar-refractivity contribution in [1.82, 2.24) is 10.2 Å². The van der Waals surface area contributed by atoms with Gasteiger partial charge in [0.15, 0.2) is 0 Å². The van der Waals surface area contributed by atoms with Gasteiger partial charge in [-0.15, -0.1) is 11.8 Å². The van der Waals surface area contributed by atoms with E-state index in [0.717, 1.165) is 13.0 Å². The molecule has 1 N–H and O–H groups in total. The predicted octanol–water partition coefficient (Wildman–Crippen LogP) is 2.30. The van der Waals surface area contributed by atoms with Crippen molar-refractivity contribution in [2.24, 2.45) is 0 Å². The Balaban J connectivity index is 1.63. The lowest BCUT2D eigenvalue weighted by molar-refractivity contribution is -0.128. The van der Waals surface area contributed by atoms with Gasteiger partial charge in [-0.25, -0.2) is 0 Å². The maximum Gasteiger partial charge on any atom is 0.222 e. The smallest absolute Gasteiger partial charge is 0.222 e. The van der Waals surface area contributed by atoms with Gasteiger partial charge in [0.25, 0.3) is 0 Å². The Morgan fingerprint density at radius 3 is 2.81 bits per heavy atom. The van der Waals surface area contributed by atoms with Crippen LogP contribution in [0.1, 0.15) is 26.2 Å². The minimum atomic E-state index is 0.0233. The van der Waals surface area contributed by atoms with Crippen molar-refractivity contribution in [3.63, 3.8) is 0 Å². The molecule has 0 saturated carbocycles. The number of hydrogen-bond donors (Lipinski definition) is 1. The summed E-state index contributed by atoms with van der Waals surface area (Å²) in [5, 5.41) is 3.27. The second kappa shape index (κ2) is 8.08. The Bertz CT molecular complexity index is 478. The third-order valence-electron chi connectivity index (χ3n) is 3.45. The van der Waals surface area contributed by atoms with Crippen molar-refractivity contribution in [1.29, 1.82) is 0 Å². The summed E-state index contributed by atoms with van der Waals surface area (Å²) in [6.45, 7) is 4.09. The number of amides is 2. The second-order valence-corrected chi connectivity index (χ2v) is 6.79. The zero-order chi connectivity index (χ0) is 15.1. The molecule has 1 aliphatic rings. The van der Waals surface area contributed by atoms with Crippen LogP contribution in [0.5, 0.6) is 0 Å². The summed E-state index contributed by atoms with van der Waals surface area (Å²) >= 11 is 1.75. The molecule has 0 unspecified atom stereocenters. The van der Waals surface area contributed by atoms with E-state index < -0.39 is 0 Å². The Morgan fingerprint density at radius 1 is 1.38 bits per heavy atom. The van der Waals surface area contributed by atoms with E-state index in [1.165, 1.54) is 4.90 Å². The number of carbonyl (C=O) groups is 2. The summed E-state index contributed by atoms with van der Waals surface area (Å²) in [4.78, 5) is 26.2. The third-order valence-corrected chi connectivity index (χ3v) is 4.56. The maximum absolute atomic E-state index is 11.8. The SMILES string of the molecule is C[C@H](CNC(=O)CCN1CCCC1=O)Sc1ccccc1. The summed E-state index contributed by atoms with van der Waals surface area (Å²) in [5.74, 6) is 0.200. The minimum absolute atomic E-state index is 0.0233. The average molecular weight is 306 g/mol. The first kappa shape index (κ1) is 15.9. The molecule has 0 radical (unpaired) electrons. The van der Waals surface area contributed by atoms with Gasteiger partial charge in [-0.05, 0) is 18.6 Å². The first-order valence-corrected chi connectivity index (χ1v) is 8.29. The molecule has 0 spiro atoms. The maximum atomic E-state index is 11.8. The van der Waals surface area contributed by atoms with Gasteiger partial charge in [-0.2, -0.15) is 0 Å². The average Bonchev–Trinajstić information content (AvgIpc) is 2.89. The lowest BCUT2D eigenvalue weighted by Gasteiger charge is -2.16. The third kappa shape index (κ3) is 5.42. The van der Waals surface area contributed by atoms with Crippen molar-refractivity contribution in [2.75, 3.05) is 19.6 Å². The molecule has 1 heterocycles. The van der Waals surface area contributed by atoms with E-state index in [1.807, 2.05) is 18.2 Å². The van der Waals surface area contributed by atoms with Crippen LogP contribution in [0.25, 0.3) is 0 Å². The minimum Gasteiger partial charge on any atom is -0.355 e. The standard InChI is InChI=1S/C16H22N2O2S/c1-13(21-14-6-3-2-4-7-14)12-17-15(19)9-11-18-10-5-8-16(18)20/h2-4,6-7,13H,5,8-12H2,1H3,(H,17,19)/t13-/m1/s1. The van der Waals surface area contributed by atoms with Crippen molar-refractivity contribution in [3.05, 3.63) is 30.3 Å². The normalized spacial score (nSPS) is 16.0. The number of nitrogens with zero attached hydrogens (tertiary/aromatic N) is 1. The highest BCUT2D eigenvalue weighted by molar-refractivity contribution is 8.00. The van der Waals surface area contributed by atoms with Crippen LogP contribution in [0.4, 0.5) is 0 Å². The summed E-state index contributed by atoms with van der Waals surface area (Å²) in [7, 11) is 0. The molecule has 1 fully saturated rings. The summed E-state index contributed by atoms with van der Waals surface area (Å²) < 4.78 is 0. The van der Waals surface area contributed by atoms with E-state index >= 15 is 0 Å². The first-order chi connectivity index (χ1) is 10.1. The molecule has 1 atom stereocenters. The largest absolute Gasteiger partial charge is 0.355 e. The van der Waals surface area contributed by atoms with E-state index in [9.17, 15) is 9.59 Å². The molecule has 2 rings (SSSR count). The van der Waals surface area contributed by atoms with Gasteiger partial charge in [-0.3, -0.25) is 9.59 Å². The van der Waals surface area contributed by atoms with Crippen molar-refractivity contribution in [2.45, 2.75) is 36.3 Å². The number of thioether (sulfide) groups is 1. The molecule has 5 heteroatoms. The van der Waals surface area contributed by atoms with E-state index in [1.54, 1.807) is 16.7 Å². The van der Waals surface area contributed by atoms with Gasteiger partial charge in [0.1, 0.15) is 0 Å². The van der Waals surface area contributed by atoms with E-state index in [2.05, 4.69) is 24.4 Å². The number of rotatable bonds is 7. The zero-order valence-electron chi connectivity index (χ0n) is 12.4. The molecule has 1 saturated heterocycles. The van der Waals surface area contributed by atoms with Crippen LogP contribution in [-0.2, 0) is 9.59 Å². The molecule has 0 bridgehead atoms. The molecular weight excluding hydrogens is 284 g/mol. The highest BCUT2D eigenvalue weighted by Crippen LogP contribution is 2.21. The number of hydrogen-bond acceptors (Lipinski definition) is 3. The van der Waals surface area contributed by atoms with Gasteiger partial charge in [-0.1, -0.05) is 25.1 Å².